The Morgan fingerprint density at radius 1 is 1.03 bits per heavy atom. The van der Waals surface area contributed by atoms with Gasteiger partial charge < -0.3 is 4.74 Å². The van der Waals surface area contributed by atoms with Gasteiger partial charge in [0.25, 0.3) is 5.56 Å². The molecule has 37 heavy (non-hydrogen) atoms. The van der Waals surface area contributed by atoms with Gasteiger partial charge in [0.2, 0.25) is 0 Å². The Hall–Kier alpha value is -3.00. The van der Waals surface area contributed by atoms with Crippen LogP contribution in [-0.2, 0) is 13.0 Å². The maximum atomic E-state index is 13.2. The zero-order valence-electron chi connectivity index (χ0n) is 19.9. The summed E-state index contributed by atoms with van der Waals surface area (Å²) in [5, 5.41) is 7.74. The van der Waals surface area contributed by atoms with Gasteiger partial charge in [-0.15, -0.1) is 0 Å². The van der Waals surface area contributed by atoms with Crippen LogP contribution in [0.4, 0.5) is 0 Å². The van der Waals surface area contributed by atoms with E-state index >= 15 is 0 Å². The van der Waals surface area contributed by atoms with E-state index in [0.29, 0.717) is 45.0 Å². The molecule has 0 saturated carbocycles. The smallest absolute Gasteiger partial charge is 0.282 e. The molecular weight excluding hydrogens is 618 g/mol. The van der Waals surface area contributed by atoms with E-state index in [4.69, 9.17) is 16.3 Å². The second-order valence-electron chi connectivity index (χ2n) is 8.54. The number of nitrogens with zero attached hydrogens (tertiary/aromatic N) is 3. The fourth-order valence-corrected chi connectivity index (χ4v) is 5.53. The van der Waals surface area contributed by atoms with E-state index in [0.717, 1.165) is 32.8 Å². The van der Waals surface area contributed by atoms with E-state index < -0.39 is 0 Å². The van der Waals surface area contributed by atoms with Gasteiger partial charge in [0.1, 0.15) is 12.4 Å². The third kappa shape index (κ3) is 5.49. The molecule has 0 aliphatic heterocycles. The van der Waals surface area contributed by atoms with E-state index in [-0.39, 0.29) is 5.56 Å². The molecule has 0 radical (unpaired) electrons. The van der Waals surface area contributed by atoms with E-state index in [1.165, 1.54) is 4.68 Å². The van der Waals surface area contributed by atoms with E-state index in [1.807, 2.05) is 49.4 Å². The van der Waals surface area contributed by atoms with Crippen molar-refractivity contribution in [1.82, 2.24) is 9.66 Å². The van der Waals surface area contributed by atoms with Crippen LogP contribution >= 0.6 is 43.5 Å². The van der Waals surface area contributed by atoms with Crippen LogP contribution in [-0.4, -0.2) is 15.9 Å². The number of benzene rings is 4. The molecule has 5 nitrogen and oxygen atoms in total. The van der Waals surface area contributed by atoms with Crippen molar-refractivity contribution in [2.45, 2.75) is 26.4 Å². The van der Waals surface area contributed by atoms with Crippen molar-refractivity contribution in [2.24, 2.45) is 5.10 Å². The van der Waals surface area contributed by atoms with Gasteiger partial charge >= 0.3 is 0 Å². The van der Waals surface area contributed by atoms with Crippen molar-refractivity contribution in [1.29, 1.82) is 0 Å². The Bertz CT molecular complexity index is 1690. The lowest BCUT2D eigenvalue weighted by molar-refractivity contribution is 0.306. The molecule has 0 N–H and O–H groups in total. The standard InChI is InChI=1S/C29H22Br2ClN3O2/c1-2-6-27-34-26-12-11-21(30)15-23(26)29(36)35(27)33-16-18-13-24(31)28(25(32)14-18)37-17-20-9-5-8-19-7-3-4-10-22(19)20/h3-5,7-16H,2,6,17H2,1H3. The molecule has 0 saturated heterocycles. The summed E-state index contributed by atoms with van der Waals surface area (Å²) >= 11 is 13.6. The molecule has 4 aromatic carbocycles. The fraction of sp³-hybridized carbons (Fsp3) is 0.138. The molecule has 1 aromatic heterocycles. The predicted molar refractivity (Wildman–Crippen MR) is 158 cm³/mol. The number of aromatic nitrogens is 2. The molecule has 5 rings (SSSR count). The van der Waals surface area contributed by atoms with Crippen LogP contribution in [0.1, 0.15) is 30.3 Å². The van der Waals surface area contributed by atoms with Crippen LogP contribution in [0.5, 0.6) is 5.75 Å². The van der Waals surface area contributed by atoms with Crippen molar-refractivity contribution in [3.8, 4) is 5.75 Å². The zero-order chi connectivity index (χ0) is 25.9. The number of aryl methyl sites for hydroxylation is 1. The maximum Gasteiger partial charge on any atom is 0.282 e. The number of hydrogen-bond donors (Lipinski definition) is 0. The Labute approximate surface area is 236 Å². The maximum absolute atomic E-state index is 13.2. The van der Waals surface area contributed by atoms with Gasteiger partial charge in [-0.25, -0.2) is 4.98 Å². The summed E-state index contributed by atoms with van der Waals surface area (Å²) in [6.45, 7) is 2.42. The summed E-state index contributed by atoms with van der Waals surface area (Å²) < 4.78 is 8.99. The first kappa shape index (κ1) is 25.6. The Morgan fingerprint density at radius 3 is 2.65 bits per heavy atom. The molecule has 5 aromatic rings. The van der Waals surface area contributed by atoms with Crippen molar-refractivity contribution in [2.75, 3.05) is 0 Å². The van der Waals surface area contributed by atoms with E-state index in [2.05, 4.69) is 60.1 Å². The third-order valence-electron chi connectivity index (χ3n) is 5.94. The molecule has 0 bridgehead atoms. The lowest BCUT2D eigenvalue weighted by atomic mass is 10.1. The fourth-order valence-electron chi connectivity index (χ4n) is 4.18. The van der Waals surface area contributed by atoms with Crippen LogP contribution in [0.3, 0.4) is 0 Å². The molecule has 0 unspecified atom stereocenters. The van der Waals surface area contributed by atoms with Gasteiger partial charge in [-0.3, -0.25) is 4.79 Å². The van der Waals surface area contributed by atoms with Crippen molar-refractivity contribution in [3.63, 3.8) is 0 Å². The third-order valence-corrected chi connectivity index (χ3v) is 7.31. The summed E-state index contributed by atoms with van der Waals surface area (Å²) in [6.07, 6.45) is 3.07. The van der Waals surface area contributed by atoms with Crippen LogP contribution in [0, 0.1) is 0 Å². The van der Waals surface area contributed by atoms with Crippen LogP contribution in [0.15, 0.2) is 91.6 Å². The van der Waals surface area contributed by atoms with Crippen molar-refractivity contribution < 1.29 is 4.74 Å². The monoisotopic (exact) mass is 637 g/mol. The molecule has 8 heteroatoms. The lowest BCUT2D eigenvalue weighted by Gasteiger charge is -2.13. The topological polar surface area (TPSA) is 56.5 Å². The average molecular weight is 640 g/mol. The number of halogens is 3. The van der Waals surface area contributed by atoms with E-state index in [9.17, 15) is 4.79 Å². The Kier molecular flexibility index (Phi) is 7.74. The lowest BCUT2D eigenvalue weighted by Crippen LogP contribution is -2.22. The highest BCUT2D eigenvalue weighted by Crippen LogP contribution is 2.35. The molecule has 186 valence electrons. The zero-order valence-corrected chi connectivity index (χ0v) is 23.8. The van der Waals surface area contributed by atoms with Crippen LogP contribution in [0.25, 0.3) is 21.7 Å². The second-order valence-corrected chi connectivity index (χ2v) is 10.7. The minimum Gasteiger partial charge on any atom is -0.486 e. The largest absolute Gasteiger partial charge is 0.486 e. The highest BCUT2D eigenvalue weighted by Gasteiger charge is 2.13. The van der Waals surface area contributed by atoms with Gasteiger partial charge in [0.05, 0.1) is 26.6 Å². The van der Waals surface area contributed by atoms with Crippen LogP contribution in [0.2, 0.25) is 5.02 Å². The first-order valence-electron chi connectivity index (χ1n) is 11.8. The quantitative estimate of drug-likeness (QED) is 0.169. The van der Waals surface area contributed by atoms with Gasteiger partial charge in [-0.05, 0) is 74.6 Å². The molecule has 1 heterocycles. The number of hydrogen-bond acceptors (Lipinski definition) is 4. The summed E-state index contributed by atoms with van der Waals surface area (Å²) in [7, 11) is 0. The molecule has 0 amide bonds. The normalized spacial score (nSPS) is 11.6. The molecule has 0 atom stereocenters. The number of rotatable bonds is 7. The highest BCUT2D eigenvalue weighted by molar-refractivity contribution is 9.10. The predicted octanol–water partition coefficient (Wildman–Crippen LogP) is 8.14. The minimum absolute atomic E-state index is 0.216. The van der Waals surface area contributed by atoms with Crippen molar-refractivity contribution in [3.05, 3.63) is 114 Å². The first-order valence-corrected chi connectivity index (χ1v) is 13.7. The van der Waals surface area contributed by atoms with Gasteiger partial charge in [-0.1, -0.05) is 76.9 Å². The minimum atomic E-state index is -0.216. The Morgan fingerprint density at radius 2 is 1.84 bits per heavy atom. The SMILES string of the molecule is CCCc1nc2ccc(Br)cc2c(=O)n1N=Cc1cc(Cl)c(OCc2cccc3ccccc23)c(Br)c1. The summed E-state index contributed by atoms with van der Waals surface area (Å²) in [4.78, 5) is 17.9. The number of ether oxygens (including phenoxy) is 1. The molecule has 0 fully saturated rings. The van der Waals surface area contributed by atoms with Gasteiger partial charge in [-0.2, -0.15) is 9.78 Å². The molecule has 0 aliphatic carbocycles. The average Bonchev–Trinajstić information content (AvgIpc) is 2.89. The Balaban J connectivity index is 1.44. The number of fused-ring (bicyclic) bond motifs is 2. The second kappa shape index (κ2) is 11.2. The summed E-state index contributed by atoms with van der Waals surface area (Å²) in [5.74, 6) is 1.16. The van der Waals surface area contributed by atoms with Gasteiger partial charge in [0.15, 0.2) is 5.75 Å². The van der Waals surface area contributed by atoms with Crippen molar-refractivity contribution >= 4 is 71.4 Å². The first-order chi connectivity index (χ1) is 17.9. The molecular formula is C29H22Br2ClN3O2. The molecule has 0 aliphatic rings. The van der Waals surface area contributed by atoms with Crippen LogP contribution < -0.4 is 10.3 Å². The highest BCUT2D eigenvalue weighted by atomic mass is 79.9. The van der Waals surface area contributed by atoms with Gasteiger partial charge in [0, 0.05) is 10.9 Å². The van der Waals surface area contributed by atoms with E-state index in [1.54, 1.807) is 18.3 Å². The summed E-state index contributed by atoms with van der Waals surface area (Å²) in [6, 6.07) is 23.5. The summed E-state index contributed by atoms with van der Waals surface area (Å²) in [5.41, 5.74) is 2.23. The molecule has 0 spiro atoms.